The van der Waals surface area contributed by atoms with Crippen LogP contribution in [0.15, 0.2) is 50.8 Å². The fourth-order valence-corrected chi connectivity index (χ4v) is 3.64. The van der Waals surface area contributed by atoms with E-state index in [1.165, 1.54) is 18.4 Å². The molecule has 0 aliphatic heterocycles. The molecule has 0 bridgehead atoms. The Bertz CT molecular complexity index is 942. The van der Waals surface area contributed by atoms with Crippen molar-refractivity contribution in [2.75, 3.05) is 7.11 Å². The first-order valence-electron chi connectivity index (χ1n) is 8.53. The van der Waals surface area contributed by atoms with Gasteiger partial charge >= 0.3 is 5.97 Å². The van der Waals surface area contributed by atoms with E-state index in [2.05, 4.69) is 31.4 Å². The third kappa shape index (κ3) is 5.49. The lowest BCUT2D eigenvalue weighted by Crippen LogP contribution is -2.30. The lowest BCUT2D eigenvalue weighted by molar-refractivity contribution is -0.141. The maximum Gasteiger partial charge on any atom is 0.307 e. The monoisotopic (exact) mass is 463 g/mol. The second-order valence-electron chi connectivity index (χ2n) is 5.94. The lowest BCUT2D eigenvalue weighted by Gasteiger charge is -2.18. The minimum atomic E-state index is -0.484. The highest BCUT2D eigenvalue weighted by Gasteiger charge is 2.20. The molecule has 1 aromatic carbocycles. The second kappa shape index (κ2) is 9.61. The normalized spacial score (nSPS) is 11.8. The van der Waals surface area contributed by atoms with E-state index in [0.29, 0.717) is 18.1 Å². The number of hydrogen-bond acceptors (Lipinski definition) is 7. The SMILES string of the molecule is COC(=O)CC(NC(=O)CCc1nc(-c2cccs2)no1)c1cccc(Br)c1. The highest BCUT2D eigenvalue weighted by atomic mass is 79.9. The Morgan fingerprint density at radius 1 is 1.32 bits per heavy atom. The Kier molecular flexibility index (Phi) is 6.94. The van der Waals surface area contributed by atoms with E-state index in [1.807, 2.05) is 41.8 Å². The van der Waals surface area contributed by atoms with Crippen LogP contribution in [0.4, 0.5) is 0 Å². The Labute approximate surface area is 174 Å². The van der Waals surface area contributed by atoms with Crippen molar-refractivity contribution >= 4 is 39.1 Å². The van der Waals surface area contributed by atoms with Crippen molar-refractivity contribution in [3.8, 4) is 10.7 Å². The van der Waals surface area contributed by atoms with Crippen LogP contribution in [-0.2, 0) is 20.7 Å². The van der Waals surface area contributed by atoms with E-state index in [9.17, 15) is 9.59 Å². The van der Waals surface area contributed by atoms with E-state index >= 15 is 0 Å². The zero-order valence-corrected chi connectivity index (χ0v) is 17.5. The third-order valence-electron chi connectivity index (χ3n) is 3.96. The lowest BCUT2D eigenvalue weighted by atomic mass is 10.0. The minimum absolute atomic E-state index is 0.0434. The molecule has 0 spiro atoms. The molecule has 0 saturated carbocycles. The van der Waals surface area contributed by atoms with Gasteiger partial charge in [-0.3, -0.25) is 9.59 Å². The fourth-order valence-electron chi connectivity index (χ4n) is 2.57. The highest BCUT2D eigenvalue weighted by molar-refractivity contribution is 9.10. The van der Waals surface area contributed by atoms with Crippen LogP contribution < -0.4 is 5.32 Å². The van der Waals surface area contributed by atoms with E-state index in [-0.39, 0.29) is 18.7 Å². The molecule has 1 unspecified atom stereocenters. The summed E-state index contributed by atoms with van der Waals surface area (Å²) in [5, 5.41) is 8.75. The van der Waals surface area contributed by atoms with Gasteiger partial charge in [-0.25, -0.2) is 0 Å². The van der Waals surface area contributed by atoms with Crippen LogP contribution in [0.2, 0.25) is 0 Å². The van der Waals surface area contributed by atoms with Gasteiger partial charge in [-0.05, 0) is 29.1 Å². The number of thiophene rings is 1. The summed E-state index contributed by atoms with van der Waals surface area (Å²) in [6, 6.07) is 10.8. The molecule has 3 aromatic rings. The Morgan fingerprint density at radius 3 is 2.89 bits per heavy atom. The van der Waals surface area contributed by atoms with Crippen molar-refractivity contribution in [3.05, 3.63) is 57.7 Å². The number of aromatic nitrogens is 2. The topological polar surface area (TPSA) is 94.3 Å². The van der Waals surface area contributed by atoms with Gasteiger partial charge in [-0.1, -0.05) is 39.3 Å². The maximum atomic E-state index is 12.4. The van der Waals surface area contributed by atoms with E-state index < -0.39 is 12.0 Å². The van der Waals surface area contributed by atoms with Crippen molar-refractivity contribution in [1.29, 1.82) is 0 Å². The zero-order chi connectivity index (χ0) is 19.9. The number of amides is 1. The molecule has 7 nitrogen and oxygen atoms in total. The number of hydrogen-bond donors (Lipinski definition) is 1. The van der Waals surface area contributed by atoms with Gasteiger partial charge in [0, 0.05) is 17.3 Å². The number of benzene rings is 1. The number of methoxy groups -OCH3 is 1. The molecule has 3 rings (SSSR count). The molecule has 0 radical (unpaired) electrons. The van der Waals surface area contributed by atoms with Gasteiger partial charge in [-0.15, -0.1) is 11.3 Å². The van der Waals surface area contributed by atoms with Crippen LogP contribution in [0.1, 0.15) is 30.3 Å². The smallest absolute Gasteiger partial charge is 0.307 e. The molecule has 0 aliphatic rings. The van der Waals surface area contributed by atoms with Crippen LogP contribution in [0.3, 0.4) is 0 Å². The molecule has 1 N–H and O–H groups in total. The molecule has 1 amide bonds. The van der Waals surface area contributed by atoms with Gasteiger partial charge in [0.25, 0.3) is 0 Å². The standard InChI is InChI=1S/C19H18BrN3O4S/c1-26-18(25)11-14(12-4-2-5-13(20)10-12)21-16(24)7-8-17-22-19(23-27-17)15-6-3-9-28-15/h2-6,9-10,14H,7-8,11H2,1H3,(H,21,24). The number of nitrogens with zero attached hydrogens (tertiary/aromatic N) is 2. The number of halogens is 1. The molecular formula is C19H18BrN3O4S. The van der Waals surface area contributed by atoms with Gasteiger partial charge < -0.3 is 14.6 Å². The molecule has 9 heteroatoms. The molecule has 1 atom stereocenters. The molecule has 28 heavy (non-hydrogen) atoms. The van der Waals surface area contributed by atoms with Crippen LogP contribution >= 0.6 is 27.3 Å². The number of esters is 1. The summed E-state index contributed by atoms with van der Waals surface area (Å²) in [5.41, 5.74) is 0.811. The van der Waals surface area contributed by atoms with E-state index in [0.717, 1.165) is 14.9 Å². The number of carbonyl (C=O) groups excluding carboxylic acids is 2. The van der Waals surface area contributed by atoms with Crippen LogP contribution in [0.5, 0.6) is 0 Å². The van der Waals surface area contributed by atoms with Crippen LogP contribution in [0.25, 0.3) is 10.7 Å². The second-order valence-corrected chi connectivity index (χ2v) is 7.81. The van der Waals surface area contributed by atoms with Crippen LogP contribution in [-0.4, -0.2) is 29.1 Å². The average Bonchev–Trinajstić information content (AvgIpc) is 3.37. The highest BCUT2D eigenvalue weighted by Crippen LogP contribution is 2.23. The van der Waals surface area contributed by atoms with Gasteiger partial charge in [-0.2, -0.15) is 4.98 Å². The van der Waals surface area contributed by atoms with Crippen molar-refractivity contribution < 1.29 is 18.8 Å². The Balaban J connectivity index is 1.61. The minimum Gasteiger partial charge on any atom is -0.469 e. The van der Waals surface area contributed by atoms with E-state index in [4.69, 9.17) is 9.26 Å². The van der Waals surface area contributed by atoms with Gasteiger partial charge in [0.1, 0.15) is 0 Å². The number of carbonyl (C=O) groups is 2. The molecule has 146 valence electrons. The molecule has 0 fully saturated rings. The predicted octanol–water partition coefficient (Wildman–Crippen LogP) is 3.91. The van der Waals surface area contributed by atoms with Crippen molar-refractivity contribution in [3.63, 3.8) is 0 Å². The van der Waals surface area contributed by atoms with Crippen molar-refractivity contribution in [2.45, 2.75) is 25.3 Å². The van der Waals surface area contributed by atoms with Crippen LogP contribution in [0, 0.1) is 0 Å². The Morgan fingerprint density at radius 2 is 2.18 bits per heavy atom. The van der Waals surface area contributed by atoms with E-state index in [1.54, 1.807) is 0 Å². The summed E-state index contributed by atoms with van der Waals surface area (Å²) < 4.78 is 10.8. The predicted molar refractivity (Wildman–Crippen MR) is 108 cm³/mol. The molecule has 2 aromatic heterocycles. The first-order valence-corrected chi connectivity index (χ1v) is 10.2. The average molecular weight is 464 g/mol. The summed E-state index contributed by atoms with van der Waals surface area (Å²) in [5.74, 6) is 0.293. The summed E-state index contributed by atoms with van der Waals surface area (Å²) in [6.45, 7) is 0. The number of aryl methyl sites for hydroxylation is 1. The largest absolute Gasteiger partial charge is 0.469 e. The summed E-state index contributed by atoms with van der Waals surface area (Å²) >= 11 is 4.92. The zero-order valence-electron chi connectivity index (χ0n) is 15.1. The van der Waals surface area contributed by atoms with Crippen molar-refractivity contribution in [2.24, 2.45) is 0 Å². The third-order valence-corrected chi connectivity index (χ3v) is 5.32. The number of ether oxygens (including phenoxy) is 1. The Hall–Kier alpha value is -2.52. The molecular weight excluding hydrogens is 446 g/mol. The first-order chi connectivity index (χ1) is 13.5. The number of rotatable bonds is 8. The first kappa shape index (κ1) is 20.2. The van der Waals surface area contributed by atoms with Crippen molar-refractivity contribution in [1.82, 2.24) is 15.5 Å². The molecule has 0 aliphatic carbocycles. The molecule has 2 heterocycles. The molecule has 0 saturated heterocycles. The summed E-state index contributed by atoms with van der Waals surface area (Å²) in [7, 11) is 1.32. The summed E-state index contributed by atoms with van der Waals surface area (Å²) in [6.07, 6.45) is 0.521. The van der Waals surface area contributed by atoms with Gasteiger partial charge in [0.15, 0.2) is 0 Å². The number of nitrogens with one attached hydrogen (secondary N) is 1. The maximum absolute atomic E-state index is 12.4. The van der Waals surface area contributed by atoms with Gasteiger partial charge in [0.05, 0.1) is 24.4 Å². The fraction of sp³-hybridized carbons (Fsp3) is 0.263. The summed E-state index contributed by atoms with van der Waals surface area (Å²) in [4.78, 5) is 29.4. The quantitative estimate of drug-likeness (QED) is 0.508. The van der Waals surface area contributed by atoms with Gasteiger partial charge in [0.2, 0.25) is 17.6 Å².